The first-order valence-corrected chi connectivity index (χ1v) is 9.15. The summed E-state index contributed by atoms with van der Waals surface area (Å²) in [5.74, 6) is 2.19. The zero-order chi connectivity index (χ0) is 13.1. The lowest BCUT2D eigenvalue weighted by Crippen LogP contribution is -2.53. The highest BCUT2D eigenvalue weighted by Crippen LogP contribution is 2.25. The second-order valence-electron chi connectivity index (χ2n) is 4.87. The molecule has 3 atom stereocenters. The van der Waals surface area contributed by atoms with E-state index in [9.17, 15) is 8.42 Å². The minimum Gasteiger partial charge on any atom is -0.319 e. The van der Waals surface area contributed by atoms with Crippen molar-refractivity contribution < 1.29 is 8.42 Å². The summed E-state index contributed by atoms with van der Waals surface area (Å²) in [6.45, 7) is 6.09. The molecule has 0 bridgehead atoms. The van der Waals surface area contributed by atoms with Crippen LogP contribution in [0.4, 0.5) is 0 Å². The van der Waals surface area contributed by atoms with Gasteiger partial charge in [0, 0.05) is 30.3 Å². The molecule has 1 fully saturated rings. The van der Waals surface area contributed by atoms with Gasteiger partial charge in [0.25, 0.3) is 0 Å². The van der Waals surface area contributed by atoms with Crippen LogP contribution in [0, 0.1) is 5.92 Å². The fourth-order valence-electron chi connectivity index (χ4n) is 2.25. The summed E-state index contributed by atoms with van der Waals surface area (Å²) < 4.78 is 23.6. The van der Waals surface area contributed by atoms with Crippen LogP contribution in [0.1, 0.15) is 13.8 Å². The third-order valence-electron chi connectivity index (χ3n) is 3.49. The summed E-state index contributed by atoms with van der Waals surface area (Å²) in [6, 6.07) is 0.295. The Balaban J connectivity index is 2.77. The van der Waals surface area contributed by atoms with Crippen LogP contribution in [0.5, 0.6) is 0 Å². The molecule has 1 saturated heterocycles. The second kappa shape index (κ2) is 6.41. The number of sulfone groups is 1. The normalized spacial score (nSPS) is 26.7. The Kier molecular flexibility index (Phi) is 5.76. The van der Waals surface area contributed by atoms with Crippen LogP contribution in [0.15, 0.2) is 0 Å². The van der Waals surface area contributed by atoms with Crippen molar-refractivity contribution in [1.82, 2.24) is 10.2 Å². The molecule has 0 aliphatic carbocycles. The minimum absolute atomic E-state index is 0.295. The van der Waals surface area contributed by atoms with E-state index in [1.165, 1.54) is 6.26 Å². The topological polar surface area (TPSA) is 49.4 Å². The molecule has 1 N–H and O–H groups in total. The zero-order valence-electron chi connectivity index (χ0n) is 11.1. The van der Waals surface area contributed by atoms with Gasteiger partial charge in [0.1, 0.15) is 5.37 Å². The van der Waals surface area contributed by atoms with Crippen molar-refractivity contribution in [3.05, 3.63) is 0 Å². The van der Waals surface area contributed by atoms with Gasteiger partial charge < -0.3 is 5.32 Å². The lowest BCUT2D eigenvalue weighted by atomic mass is 10.0. The number of hydrogen-bond acceptors (Lipinski definition) is 5. The van der Waals surface area contributed by atoms with Gasteiger partial charge in [-0.1, -0.05) is 6.92 Å². The van der Waals surface area contributed by atoms with Gasteiger partial charge in [-0.15, -0.1) is 0 Å². The first-order chi connectivity index (χ1) is 7.88. The summed E-state index contributed by atoms with van der Waals surface area (Å²) >= 11 is 1.74. The van der Waals surface area contributed by atoms with E-state index in [4.69, 9.17) is 0 Å². The van der Waals surface area contributed by atoms with E-state index < -0.39 is 9.84 Å². The summed E-state index contributed by atoms with van der Waals surface area (Å²) in [7, 11) is -1.05. The van der Waals surface area contributed by atoms with Crippen molar-refractivity contribution in [2.24, 2.45) is 5.92 Å². The molecule has 0 amide bonds. The van der Waals surface area contributed by atoms with Gasteiger partial charge in [0.05, 0.1) is 0 Å². The monoisotopic (exact) mass is 280 g/mol. The molecule has 1 rings (SSSR count). The van der Waals surface area contributed by atoms with Gasteiger partial charge in [-0.2, -0.15) is 11.8 Å². The standard InChI is InChI=1S/C11H24N2O2S2/c1-9(7-12-3)10(2)13-5-6-16-8-11(13)17(4,14)15/h9-12H,5-8H2,1-4H3. The Labute approximate surface area is 109 Å². The maximum atomic E-state index is 11.8. The largest absolute Gasteiger partial charge is 0.319 e. The molecule has 0 radical (unpaired) electrons. The third kappa shape index (κ3) is 4.12. The van der Waals surface area contributed by atoms with Crippen molar-refractivity contribution in [3.8, 4) is 0 Å². The first-order valence-electron chi connectivity index (χ1n) is 6.05. The molecular weight excluding hydrogens is 256 g/mol. The van der Waals surface area contributed by atoms with E-state index >= 15 is 0 Å². The van der Waals surface area contributed by atoms with Crippen molar-refractivity contribution in [3.63, 3.8) is 0 Å². The van der Waals surface area contributed by atoms with Crippen LogP contribution >= 0.6 is 11.8 Å². The molecular formula is C11H24N2O2S2. The SMILES string of the molecule is CNCC(C)C(C)N1CCSCC1S(C)(=O)=O. The number of nitrogens with zero attached hydrogens (tertiary/aromatic N) is 1. The Bertz CT molecular complexity index is 332. The Hall–Kier alpha value is 0.220. The number of nitrogens with one attached hydrogen (secondary N) is 1. The Morgan fingerprint density at radius 3 is 2.65 bits per heavy atom. The average Bonchev–Trinajstić information content (AvgIpc) is 2.27. The lowest BCUT2D eigenvalue weighted by molar-refractivity contribution is 0.157. The van der Waals surface area contributed by atoms with Crippen molar-refractivity contribution >= 4 is 21.6 Å². The van der Waals surface area contributed by atoms with E-state index in [2.05, 4.69) is 24.1 Å². The Morgan fingerprint density at radius 1 is 1.47 bits per heavy atom. The van der Waals surface area contributed by atoms with Gasteiger partial charge in [0.2, 0.25) is 0 Å². The van der Waals surface area contributed by atoms with Crippen LogP contribution in [-0.2, 0) is 9.84 Å². The average molecular weight is 280 g/mol. The molecule has 6 heteroatoms. The predicted octanol–water partition coefficient (Wildman–Crippen LogP) is 0.650. The highest BCUT2D eigenvalue weighted by molar-refractivity contribution is 8.00. The molecule has 1 aliphatic heterocycles. The number of rotatable bonds is 5. The highest BCUT2D eigenvalue weighted by atomic mass is 32.2. The smallest absolute Gasteiger partial charge is 0.164 e. The molecule has 1 heterocycles. The maximum Gasteiger partial charge on any atom is 0.164 e. The molecule has 1 aliphatic rings. The molecule has 102 valence electrons. The van der Waals surface area contributed by atoms with Crippen LogP contribution in [0.3, 0.4) is 0 Å². The molecule has 0 saturated carbocycles. The van der Waals surface area contributed by atoms with E-state index in [1.54, 1.807) is 11.8 Å². The number of hydrogen-bond donors (Lipinski definition) is 1. The van der Waals surface area contributed by atoms with E-state index in [0.29, 0.717) is 17.7 Å². The van der Waals surface area contributed by atoms with E-state index in [1.807, 2.05) is 7.05 Å². The van der Waals surface area contributed by atoms with Crippen LogP contribution in [0.2, 0.25) is 0 Å². The predicted molar refractivity (Wildman–Crippen MR) is 75.2 cm³/mol. The van der Waals surface area contributed by atoms with Crippen molar-refractivity contribution in [2.45, 2.75) is 25.3 Å². The van der Waals surface area contributed by atoms with Crippen molar-refractivity contribution in [2.75, 3.05) is 37.9 Å². The first kappa shape index (κ1) is 15.3. The van der Waals surface area contributed by atoms with Crippen LogP contribution in [-0.4, -0.2) is 62.6 Å². The van der Waals surface area contributed by atoms with Crippen molar-refractivity contribution in [1.29, 1.82) is 0 Å². The fraction of sp³-hybridized carbons (Fsp3) is 1.00. The Morgan fingerprint density at radius 2 is 2.12 bits per heavy atom. The summed E-state index contributed by atoms with van der Waals surface area (Å²) in [4.78, 5) is 2.16. The van der Waals surface area contributed by atoms with E-state index in [0.717, 1.165) is 18.8 Å². The molecule has 0 aromatic heterocycles. The summed E-state index contributed by atoms with van der Waals surface area (Å²) in [5.41, 5.74) is 0. The van der Waals surface area contributed by atoms with Gasteiger partial charge in [0.15, 0.2) is 9.84 Å². The maximum absolute atomic E-state index is 11.8. The molecule has 17 heavy (non-hydrogen) atoms. The highest BCUT2D eigenvalue weighted by Gasteiger charge is 2.35. The third-order valence-corrected chi connectivity index (χ3v) is 6.15. The fourth-order valence-corrected chi connectivity index (χ4v) is 5.22. The van der Waals surface area contributed by atoms with Gasteiger partial charge in [-0.3, -0.25) is 4.90 Å². The molecule has 0 aromatic carbocycles. The lowest BCUT2D eigenvalue weighted by Gasteiger charge is -2.40. The van der Waals surface area contributed by atoms with Gasteiger partial charge >= 0.3 is 0 Å². The van der Waals surface area contributed by atoms with Crippen LogP contribution < -0.4 is 5.32 Å². The molecule has 0 aromatic rings. The second-order valence-corrected chi connectivity index (χ2v) is 8.23. The van der Waals surface area contributed by atoms with Crippen LogP contribution in [0.25, 0.3) is 0 Å². The molecule has 4 nitrogen and oxygen atoms in total. The summed E-state index contributed by atoms with van der Waals surface area (Å²) in [5, 5.41) is 2.85. The molecule has 0 spiro atoms. The van der Waals surface area contributed by atoms with E-state index in [-0.39, 0.29) is 5.37 Å². The van der Waals surface area contributed by atoms with Gasteiger partial charge in [-0.05, 0) is 26.4 Å². The minimum atomic E-state index is -2.98. The quantitative estimate of drug-likeness (QED) is 0.801. The zero-order valence-corrected chi connectivity index (χ0v) is 12.8. The van der Waals surface area contributed by atoms with Gasteiger partial charge in [-0.25, -0.2) is 8.42 Å². The molecule has 3 unspecified atom stereocenters. The number of thioether (sulfide) groups is 1. The summed E-state index contributed by atoms with van der Waals surface area (Å²) in [6.07, 6.45) is 1.35.